The molecule has 0 bridgehead atoms. The Bertz CT molecular complexity index is 444. The summed E-state index contributed by atoms with van der Waals surface area (Å²) < 4.78 is 2.32. The van der Waals surface area contributed by atoms with Crippen LogP contribution >= 0.6 is 15.9 Å². The van der Waals surface area contributed by atoms with Crippen molar-refractivity contribution in [3.8, 4) is 0 Å². The van der Waals surface area contributed by atoms with Crippen LogP contribution in [-0.2, 0) is 0 Å². The number of aromatic amines is 1. The van der Waals surface area contributed by atoms with Gasteiger partial charge in [0.1, 0.15) is 4.60 Å². The molecule has 0 unspecified atom stereocenters. The average Bonchev–Trinajstić information content (AvgIpc) is 2.31. The Balaban J connectivity index is 3.02. The molecule has 0 saturated heterocycles. The van der Waals surface area contributed by atoms with E-state index in [0.29, 0.717) is 10.3 Å². The molecule has 5 heteroatoms. The number of nitrogens with zero attached hydrogens (tertiary/aromatic N) is 2. The van der Waals surface area contributed by atoms with Crippen molar-refractivity contribution in [1.29, 1.82) is 0 Å². The number of fused-ring (bicyclic) bond motifs is 1. The first-order valence-electron chi connectivity index (χ1n) is 2.99. The topological polar surface area (TPSA) is 50.2 Å². The van der Waals surface area contributed by atoms with Crippen molar-refractivity contribution in [3.63, 3.8) is 0 Å². The molecule has 0 aliphatic carbocycles. The molecule has 0 aliphatic heterocycles. The molecule has 0 aromatic carbocycles. The Hall–Kier alpha value is -1.10. The molecular weight excluding hydrogens is 210 g/mol. The molecule has 0 aliphatic rings. The van der Waals surface area contributed by atoms with Crippen LogP contribution in [0.4, 0.5) is 0 Å². The molecule has 2 rings (SSSR count). The number of imidazole rings is 1. The highest BCUT2D eigenvalue weighted by atomic mass is 79.9. The van der Waals surface area contributed by atoms with E-state index in [1.807, 2.05) is 0 Å². The predicted octanol–water partition coefficient (Wildman–Crippen LogP) is 0.785. The molecule has 2 aromatic rings. The molecule has 4 nitrogen and oxygen atoms in total. The minimum absolute atomic E-state index is 0.182. The molecule has 0 fully saturated rings. The van der Waals surface area contributed by atoms with Crippen molar-refractivity contribution in [3.05, 3.63) is 33.5 Å². The quantitative estimate of drug-likeness (QED) is 0.704. The number of hydrogen-bond donors (Lipinski definition) is 1. The van der Waals surface area contributed by atoms with Crippen LogP contribution in [0.2, 0.25) is 0 Å². The normalized spacial score (nSPS) is 10.6. The molecule has 2 heterocycles. The smallest absolute Gasteiger partial charge is 0.291 e. The lowest BCUT2D eigenvalue weighted by Crippen LogP contribution is -2.07. The van der Waals surface area contributed by atoms with Crippen LogP contribution in [0.3, 0.4) is 0 Å². The van der Waals surface area contributed by atoms with Crippen molar-refractivity contribution in [2.24, 2.45) is 0 Å². The van der Waals surface area contributed by atoms with Gasteiger partial charge < -0.3 is 4.98 Å². The van der Waals surface area contributed by atoms with Gasteiger partial charge >= 0.3 is 0 Å². The molecule has 1 N–H and O–H groups in total. The number of halogens is 1. The fourth-order valence-corrected chi connectivity index (χ4v) is 1.29. The summed E-state index contributed by atoms with van der Waals surface area (Å²) in [5.41, 5.74) is 0.220. The Labute approximate surface area is 70.0 Å². The van der Waals surface area contributed by atoms with Gasteiger partial charge in [-0.25, -0.2) is 4.98 Å². The summed E-state index contributed by atoms with van der Waals surface area (Å²) >= 11 is 3.17. The van der Waals surface area contributed by atoms with Crippen molar-refractivity contribution in [2.75, 3.05) is 0 Å². The van der Waals surface area contributed by atoms with E-state index in [-0.39, 0.29) is 5.56 Å². The van der Waals surface area contributed by atoms with Gasteiger partial charge in [-0.2, -0.15) is 0 Å². The highest BCUT2D eigenvalue weighted by Crippen LogP contribution is 2.05. The highest BCUT2D eigenvalue weighted by Gasteiger charge is 1.99. The van der Waals surface area contributed by atoms with Gasteiger partial charge in [0.25, 0.3) is 5.56 Å². The minimum atomic E-state index is -0.182. The summed E-state index contributed by atoms with van der Waals surface area (Å²) in [4.78, 5) is 17.5. The molecule has 11 heavy (non-hydrogen) atoms. The summed E-state index contributed by atoms with van der Waals surface area (Å²) in [5, 5.41) is 0. The van der Waals surface area contributed by atoms with Crippen LogP contribution in [0.15, 0.2) is 28.0 Å². The summed E-state index contributed by atoms with van der Waals surface area (Å²) in [6.07, 6.45) is 5.03. The van der Waals surface area contributed by atoms with E-state index in [0.717, 1.165) is 0 Å². The predicted molar refractivity (Wildman–Crippen MR) is 43.5 cm³/mol. The van der Waals surface area contributed by atoms with Gasteiger partial charge in [-0.15, -0.1) is 0 Å². The zero-order valence-electron chi connectivity index (χ0n) is 5.41. The fraction of sp³-hybridized carbons (Fsp3) is 0. The minimum Gasteiger partial charge on any atom is -0.324 e. The Morgan fingerprint density at radius 3 is 3.18 bits per heavy atom. The second kappa shape index (κ2) is 2.20. The number of aromatic nitrogens is 3. The summed E-state index contributed by atoms with van der Waals surface area (Å²) in [7, 11) is 0. The first-order chi connectivity index (χ1) is 5.27. The van der Waals surface area contributed by atoms with E-state index >= 15 is 0 Å². The molecule has 0 radical (unpaired) electrons. The van der Waals surface area contributed by atoms with Crippen LogP contribution in [0.1, 0.15) is 0 Å². The number of nitrogens with one attached hydrogen (secondary N) is 1. The Morgan fingerprint density at radius 1 is 1.64 bits per heavy atom. The van der Waals surface area contributed by atoms with E-state index < -0.39 is 0 Å². The summed E-state index contributed by atoms with van der Waals surface area (Å²) in [6.45, 7) is 0. The van der Waals surface area contributed by atoms with Gasteiger partial charge in [0.2, 0.25) is 5.65 Å². The monoisotopic (exact) mass is 213 g/mol. The van der Waals surface area contributed by atoms with Gasteiger partial charge in [-0.3, -0.25) is 9.20 Å². The van der Waals surface area contributed by atoms with Crippen molar-refractivity contribution in [2.45, 2.75) is 0 Å². The second-order valence-corrected chi connectivity index (χ2v) is 2.90. The lowest BCUT2D eigenvalue weighted by molar-refractivity contribution is 1.09. The van der Waals surface area contributed by atoms with Gasteiger partial charge in [-0.05, 0) is 15.9 Å². The number of H-pyrrole nitrogens is 1. The lowest BCUT2D eigenvalue weighted by atomic mass is 10.7. The van der Waals surface area contributed by atoms with Crippen LogP contribution < -0.4 is 5.56 Å². The van der Waals surface area contributed by atoms with Gasteiger partial charge in [0, 0.05) is 18.6 Å². The zero-order chi connectivity index (χ0) is 7.84. The van der Waals surface area contributed by atoms with Gasteiger partial charge in [-0.1, -0.05) is 0 Å². The lowest BCUT2D eigenvalue weighted by Gasteiger charge is -1.86. The summed E-state index contributed by atoms with van der Waals surface area (Å²) in [6, 6.07) is 0. The molecule has 0 atom stereocenters. The third kappa shape index (κ3) is 0.970. The average molecular weight is 214 g/mol. The van der Waals surface area contributed by atoms with Crippen LogP contribution in [0.25, 0.3) is 5.65 Å². The SMILES string of the molecule is O=c1[nH]ccn2cc(Br)nc12. The van der Waals surface area contributed by atoms with E-state index in [2.05, 4.69) is 25.9 Å². The summed E-state index contributed by atoms with van der Waals surface area (Å²) in [5.74, 6) is 0. The van der Waals surface area contributed by atoms with Crippen LogP contribution in [-0.4, -0.2) is 14.4 Å². The number of hydrogen-bond acceptors (Lipinski definition) is 2. The maximum absolute atomic E-state index is 11.0. The van der Waals surface area contributed by atoms with Crippen LogP contribution in [0.5, 0.6) is 0 Å². The van der Waals surface area contributed by atoms with Gasteiger partial charge in [0.15, 0.2) is 0 Å². The Kier molecular flexibility index (Phi) is 1.32. The first-order valence-corrected chi connectivity index (χ1v) is 3.78. The molecule has 56 valence electrons. The van der Waals surface area contributed by atoms with E-state index in [1.54, 1.807) is 23.0 Å². The van der Waals surface area contributed by atoms with E-state index in [9.17, 15) is 4.79 Å². The molecule has 0 amide bonds. The van der Waals surface area contributed by atoms with E-state index in [1.165, 1.54) is 0 Å². The maximum atomic E-state index is 11.0. The fourth-order valence-electron chi connectivity index (χ4n) is 0.903. The van der Waals surface area contributed by atoms with Crippen LogP contribution in [0, 0.1) is 0 Å². The van der Waals surface area contributed by atoms with Crippen molar-refractivity contribution >= 4 is 21.6 Å². The molecule has 0 spiro atoms. The Morgan fingerprint density at radius 2 is 2.45 bits per heavy atom. The third-order valence-electron chi connectivity index (χ3n) is 1.36. The highest BCUT2D eigenvalue weighted by molar-refractivity contribution is 9.10. The molecular formula is C6H4BrN3O. The zero-order valence-corrected chi connectivity index (χ0v) is 7.00. The molecule has 2 aromatic heterocycles. The van der Waals surface area contributed by atoms with E-state index in [4.69, 9.17) is 0 Å². The largest absolute Gasteiger partial charge is 0.324 e. The maximum Gasteiger partial charge on any atom is 0.291 e. The first kappa shape index (κ1) is 6.60. The number of rotatable bonds is 0. The second-order valence-electron chi connectivity index (χ2n) is 2.08. The third-order valence-corrected chi connectivity index (χ3v) is 1.74. The standard InChI is InChI=1S/C6H4BrN3O/c7-4-3-10-2-1-8-6(11)5(10)9-4/h1-3H,(H,8,11). The van der Waals surface area contributed by atoms with Gasteiger partial charge in [0.05, 0.1) is 0 Å². The van der Waals surface area contributed by atoms with Crippen molar-refractivity contribution < 1.29 is 0 Å². The molecule has 0 saturated carbocycles. The van der Waals surface area contributed by atoms with Crippen molar-refractivity contribution in [1.82, 2.24) is 14.4 Å².